The molecule has 0 aliphatic heterocycles. The molecule has 1 heterocycles. The van der Waals surface area contributed by atoms with Crippen LogP contribution >= 0.6 is 0 Å². The van der Waals surface area contributed by atoms with Gasteiger partial charge >= 0.3 is 0 Å². The van der Waals surface area contributed by atoms with Crippen molar-refractivity contribution in [1.29, 1.82) is 0 Å². The highest BCUT2D eigenvalue weighted by molar-refractivity contribution is 5.90. The molecule has 0 aliphatic rings. The molecule has 3 rings (SSSR count). The van der Waals surface area contributed by atoms with E-state index in [9.17, 15) is 0 Å². The summed E-state index contributed by atoms with van der Waals surface area (Å²) in [5.41, 5.74) is 4.72. The minimum absolute atomic E-state index is 0.619. The molecule has 2 aromatic carbocycles. The topological polar surface area (TPSA) is 25.0 Å². The third-order valence-corrected chi connectivity index (χ3v) is 3.16. The Morgan fingerprint density at radius 3 is 2.44 bits per heavy atom. The Hall–Kier alpha value is -2.06. The number of benzene rings is 2. The van der Waals surface area contributed by atoms with Gasteiger partial charge in [-0.2, -0.15) is 0 Å². The number of rotatable bonds is 3. The molecule has 0 saturated heterocycles. The third-order valence-electron chi connectivity index (χ3n) is 3.16. The number of H-pyrrole nitrogens is 1. The van der Waals surface area contributed by atoms with Crippen molar-refractivity contribution >= 4 is 10.9 Å². The zero-order valence-corrected chi connectivity index (χ0v) is 10.3. The molecule has 0 radical (unpaired) electrons. The summed E-state index contributed by atoms with van der Waals surface area (Å²) in [6.07, 6.45) is 0. The van der Waals surface area contributed by atoms with Crippen molar-refractivity contribution in [3.8, 4) is 11.3 Å². The summed E-state index contributed by atoms with van der Waals surface area (Å²) in [5, 5.41) is 1.23. The average Bonchev–Trinajstić information content (AvgIpc) is 2.80. The van der Waals surface area contributed by atoms with Gasteiger partial charge in [0.25, 0.3) is 0 Å². The lowest BCUT2D eigenvalue weighted by Crippen LogP contribution is -1.89. The fourth-order valence-corrected chi connectivity index (χ4v) is 2.35. The summed E-state index contributed by atoms with van der Waals surface area (Å²) < 4.78 is 5.34. The molecule has 0 unspecified atom stereocenters. The molecule has 90 valence electrons. The molecule has 2 nitrogen and oxygen atoms in total. The largest absolute Gasteiger partial charge is 0.380 e. The van der Waals surface area contributed by atoms with Gasteiger partial charge in [-0.05, 0) is 11.6 Å². The highest BCUT2D eigenvalue weighted by Crippen LogP contribution is 2.30. The zero-order valence-electron chi connectivity index (χ0n) is 10.3. The van der Waals surface area contributed by atoms with Gasteiger partial charge in [0.05, 0.1) is 12.3 Å². The first-order chi connectivity index (χ1) is 8.90. The third kappa shape index (κ3) is 1.81. The van der Waals surface area contributed by atoms with Gasteiger partial charge < -0.3 is 9.72 Å². The Morgan fingerprint density at radius 2 is 1.67 bits per heavy atom. The van der Waals surface area contributed by atoms with Gasteiger partial charge in [-0.1, -0.05) is 48.5 Å². The molecule has 1 aromatic heterocycles. The van der Waals surface area contributed by atoms with E-state index < -0.39 is 0 Å². The van der Waals surface area contributed by atoms with Crippen LogP contribution in [0.2, 0.25) is 0 Å². The Balaban J connectivity index is 2.25. The molecule has 1 N–H and O–H groups in total. The highest BCUT2D eigenvalue weighted by Gasteiger charge is 2.11. The van der Waals surface area contributed by atoms with E-state index in [0.717, 1.165) is 11.2 Å². The van der Waals surface area contributed by atoms with Crippen LogP contribution in [0.1, 0.15) is 5.56 Å². The van der Waals surface area contributed by atoms with Gasteiger partial charge in [0, 0.05) is 23.6 Å². The number of fused-ring (bicyclic) bond motifs is 1. The maximum absolute atomic E-state index is 5.34. The SMILES string of the molecule is COCc1c(-c2ccccc2)[nH]c2ccccc12. The second-order valence-electron chi connectivity index (χ2n) is 4.32. The standard InChI is InChI=1S/C16H15NO/c1-18-11-14-13-9-5-6-10-15(13)17-16(14)12-7-3-2-4-8-12/h2-10,17H,11H2,1H3. The predicted octanol–water partition coefficient (Wildman–Crippen LogP) is 3.98. The average molecular weight is 237 g/mol. The van der Waals surface area contributed by atoms with Crippen molar-refractivity contribution in [3.05, 3.63) is 60.2 Å². The Kier molecular flexibility index (Phi) is 2.87. The van der Waals surface area contributed by atoms with Crippen molar-refractivity contribution < 1.29 is 4.74 Å². The van der Waals surface area contributed by atoms with Crippen LogP contribution in [0, 0.1) is 0 Å². The number of ether oxygens (including phenoxy) is 1. The monoisotopic (exact) mass is 237 g/mol. The second-order valence-corrected chi connectivity index (χ2v) is 4.32. The summed E-state index contributed by atoms with van der Waals surface area (Å²) in [6.45, 7) is 0.619. The first-order valence-corrected chi connectivity index (χ1v) is 6.04. The fourth-order valence-electron chi connectivity index (χ4n) is 2.35. The summed E-state index contributed by atoms with van der Waals surface area (Å²) >= 11 is 0. The van der Waals surface area contributed by atoms with Crippen molar-refractivity contribution in [2.24, 2.45) is 0 Å². The van der Waals surface area contributed by atoms with Crippen molar-refractivity contribution in [3.63, 3.8) is 0 Å². The van der Waals surface area contributed by atoms with Crippen molar-refractivity contribution in [2.45, 2.75) is 6.61 Å². The van der Waals surface area contributed by atoms with Crippen LogP contribution in [0.15, 0.2) is 54.6 Å². The lowest BCUT2D eigenvalue weighted by Gasteiger charge is -2.03. The fraction of sp³-hybridized carbons (Fsp3) is 0.125. The molecule has 0 fully saturated rings. The summed E-state index contributed by atoms with van der Waals surface area (Å²) in [4.78, 5) is 3.49. The van der Waals surface area contributed by atoms with Crippen LogP contribution < -0.4 is 0 Å². The molecule has 3 aromatic rings. The molecule has 0 bridgehead atoms. The van der Waals surface area contributed by atoms with E-state index in [-0.39, 0.29) is 0 Å². The summed E-state index contributed by atoms with van der Waals surface area (Å²) in [5.74, 6) is 0. The second kappa shape index (κ2) is 4.67. The van der Waals surface area contributed by atoms with Gasteiger partial charge in [-0.3, -0.25) is 0 Å². The first-order valence-electron chi connectivity index (χ1n) is 6.04. The van der Waals surface area contributed by atoms with E-state index in [4.69, 9.17) is 4.74 Å². The molecular weight excluding hydrogens is 222 g/mol. The van der Waals surface area contributed by atoms with Gasteiger partial charge in [-0.25, -0.2) is 0 Å². The van der Waals surface area contributed by atoms with Crippen molar-refractivity contribution in [1.82, 2.24) is 4.98 Å². The van der Waals surface area contributed by atoms with Crippen LogP contribution in [0.25, 0.3) is 22.2 Å². The van der Waals surface area contributed by atoms with E-state index in [1.807, 2.05) is 12.1 Å². The Morgan fingerprint density at radius 1 is 0.944 bits per heavy atom. The number of hydrogen-bond donors (Lipinski definition) is 1. The van der Waals surface area contributed by atoms with Gasteiger partial charge in [0.15, 0.2) is 0 Å². The maximum atomic E-state index is 5.34. The van der Waals surface area contributed by atoms with Crippen LogP contribution in [-0.4, -0.2) is 12.1 Å². The van der Waals surface area contributed by atoms with Gasteiger partial charge in [0.1, 0.15) is 0 Å². The van der Waals surface area contributed by atoms with Crippen LogP contribution in [0.4, 0.5) is 0 Å². The van der Waals surface area contributed by atoms with E-state index in [2.05, 4.69) is 47.4 Å². The van der Waals surface area contributed by atoms with Crippen LogP contribution in [0.3, 0.4) is 0 Å². The summed E-state index contributed by atoms with van der Waals surface area (Å²) in [7, 11) is 1.73. The quantitative estimate of drug-likeness (QED) is 0.732. The Bertz CT molecular complexity index is 655. The number of hydrogen-bond acceptors (Lipinski definition) is 1. The first kappa shape index (κ1) is 11.1. The Labute approximate surface area is 106 Å². The zero-order chi connectivity index (χ0) is 12.4. The van der Waals surface area contributed by atoms with E-state index in [1.165, 1.54) is 16.5 Å². The molecule has 2 heteroatoms. The van der Waals surface area contributed by atoms with Crippen LogP contribution in [-0.2, 0) is 11.3 Å². The summed E-state index contributed by atoms with van der Waals surface area (Å²) in [6, 6.07) is 18.7. The number of methoxy groups -OCH3 is 1. The predicted molar refractivity (Wildman–Crippen MR) is 74.4 cm³/mol. The lowest BCUT2D eigenvalue weighted by atomic mass is 10.1. The number of nitrogens with one attached hydrogen (secondary N) is 1. The number of aromatic nitrogens is 1. The molecule has 0 atom stereocenters. The lowest BCUT2D eigenvalue weighted by molar-refractivity contribution is 0.186. The van der Waals surface area contributed by atoms with Gasteiger partial charge in [-0.15, -0.1) is 0 Å². The minimum atomic E-state index is 0.619. The number of aromatic amines is 1. The maximum Gasteiger partial charge on any atom is 0.0740 e. The van der Waals surface area contributed by atoms with Crippen LogP contribution in [0.5, 0.6) is 0 Å². The van der Waals surface area contributed by atoms with E-state index in [0.29, 0.717) is 6.61 Å². The van der Waals surface area contributed by atoms with Crippen molar-refractivity contribution in [2.75, 3.05) is 7.11 Å². The normalized spacial score (nSPS) is 10.9. The van der Waals surface area contributed by atoms with Gasteiger partial charge in [0.2, 0.25) is 0 Å². The highest BCUT2D eigenvalue weighted by atomic mass is 16.5. The molecule has 0 amide bonds. The molecular formula is C16H15NO. The molecule has 0 saturated carbocycles. The number of para-hydroxylation sites is 1. The molecule has 0 spiro atoms. The molecule has 18 heavy (non-hydrogen) atoms. The van der Waals surface area contributed by atoms with E-state index >= 15 is 0 Å². The molecule has 0 aliphatic carbocycles. The smallest absolute Gasteiger partial charge is 0.0740 e. The minimum Gasteiger partial charge on any atom is -0.380 e. The van der Waals surface area contributed by atoms with E-state index in [1.54, 1.807) is 7.11 Å².